The van der Waals surface area contributed by atoms with Crippen molar-refractivity contribution in [1.82, 2.24) is 19.5 Å². The van der Waals surface area contributed by atoms with Gasteiger partial charge in [-0.3, -0.25) is 0 Å². The zero-order valence-corrected chi connectivity index (χ0v) is 32.3. The van der Waals surface area contributed by atoms with Gasteiger partial charge in [0.1, 0.15) is 5.82 Å². The van der Waals surface area contributed by atoms with Crippen LogP contribution >= 0.6 is 22.7 Å². The predicted molar refractivity (Wildman–Crippen MR) is 242 cm³/mol. The third-order valence-corrected chi connectivity index (χ3v) is 13.7. The lowest BCUT2D eigenvalue weighted by Gasteiger charge is -2.14. The van der Waals surface area contributed by atoms with Crippen molar-refractivity contribution in [1.29, 1.82) is 0 Å². The Morgan fingerprint density at radius 3 is 2.05 bits per heavy atom. The largest absolute Gasteiger partial charge is 0.309 e. The van der Waals surface area contributed by atoms with Gasteiger partial charge in [-0.1, -0.05) is 127 Å². The van der Waals surface area contributed by atoms with Gasteiger partial charge in [0.25, 0.3) is 0 Å². The Balaban J connectivity index is 1.00. The third kappa shape index (κ3) is 5.22. The molecular weight excluding hydrogens is 733 g/mol. The average Bonchev–Trinajstić information content (AvgIpc) is 3.96. The third-order valence-electron chi connectivity index (χ3n) is 11.4. The molecule has 4 heterocycles. The molecule has 0 saturated heterocycles. The smallest absolute Gasteiger partial charge is 0.165 e. The molecule has 0 spiro atoms. The van der Waals surface area contributed by atoms with E-state index in [0.717, 1.165) is 23.4 Å². The number of nitrogens with zero attached hydrogens (tertiary/aromatic N) is 4. The zero-order chi connectivity index (χ0) is 37.5. The Hall–Kier alpha value is -6.73. The minimum Gasteiger partial charge on any atom is -0.309 e. The molecule has 4 nitrogen and oxygen atoms in total. The fourth-order valence-corrected chi connectivity index (χ4v) is 11.0. The molecular formula is C51H32N4S2. The number of rotatable bonds is 5. The topological polar surface area (TPSA) is 43.6 Å². The molecule has 0 fully saturated rings. The molecule has 7 aromatic carbocycles. The molecule has 1 aliphatic carbocycles. The van der Waals surface area contributed by atoms with E-state index in [9.17, 15) is 0 Å². The Labute approximate surface area is 336 Å². The van der Waals surface area contributed by atoms with Crippen LogP contribution in [0.4, 0.5) is 0 Å². The summed E-state index contributed by atoms with van der Waals surface area (Å²) in [5.41, 5.74) is 8.11. The molecule has 1 aliphatic rings. The maximum absolute atomic E-state index is 5.14. The van der Waals surface area contributed by atoms with Crippen LogP contribution in [0.1, 0.15) is 18.2 Å². The zero-order valence-electron chi connectivity index (χ0n) is 30.6. The Kier molecular flexibility index (Phi) is 7.37. The first-order valence-electron chi connectivity index (χ1n) is 19.3. The summed E-state index contributed by atoms with van der Waals surface area (Å²) in [6.45, 7) is 0. The Morgan fingerprint density at radius 2 is 1.23 bits per heavy atom. The number of hydrogen-bond acceptors (Lipinski definition) is 5. The Morgan fingerprint density at radius 1 is 0.491 bits per heavy atom. The van der Waals surface area contributed by atoms with E-state index < -0.39 is 0 Å². The van der Waals surface area contributed by atoms with E-state index in [1.807, 2.05) is 40.9 Å². The first-order valence-corrected chi connectivity index (χ1v) is 20.9. The number of para-hydroxylation sites is 2. The lowest BCUT2D eigenvalue weighted by Crippen LogP contribution is -2.07. The van der Waals surface area contributed by atoms with Gasteiger partial charge in [0, 0.05) is 68.2 Å². The van der Waals surface area contributed by atoms with Crippen molar-refractivity contribution in [2.24, 2.45) is 0 Å². The van der Waals surface area contributed by atoms with Gasteiger partial charge in [-0.2, -0.15) is 0 Å². The van der Waals surface area contributed by atoms with Crippen molar-refractivity contribution in [2.75, 3.05) is 0 Å². The molecule has 0 radical (unpaired) electrons. The average molecular weight is 765 g/mol. The number of allylic oxidation sites excluding steroid dienone is 4. The Bertz CT molecular complexity index is 3400. The van der Waals surface area contributed by atoms with Crippen LogP contribution in [0.2, 0.25) is 0 Å². The minimum atomic E-state index is 0.110. The second-order valence-electron chi connectivity index (χ2n) is 14.7. The molecule has 0 bridgehead atoms. The van der Waals surface area contributed by atoms with Gasteiger partial charge in [0.2, 0.25) is 0 Å². The van der Waals surface area contributed by atoms with Gasteiger partial charge in [0.15, 0.2) is 11.6 Å². The fraction of sp³-hybridized carbons (Fsp3) is 0.0392. The molecule has 0 N–H and O–H groups in total. The molecule has 1 atom stereocenters. The van der Waals surface area contributed by atoms with Crippen LogP contribution in [0.3, 0.4) is 0 Å². The normalized spacial score (nSPS) is 14.3. The molecule has 0 aliphatic heterocycles. The lowest BCUT2D eigenvalue weighted by molar-refractivity contribution is 0.764. The summed E-state index contributed by atoms with van der Waals surface area (Å²) in [7, 11) is 0. The molecule has 57 heavy (non-hydrogen) atoms. The molecule has 0 saturated carbocycles. The van der Waals surface area contributed by atoms with E-state index >= 15 is 0 Å². The van der Waals surface area contributed by atoms with Crippen LogP contribution in [-0.2, 0) is 0 Å². The van der Waals surface area contributed by atoms with Crippen molar-refractivity contribution in [3.63, 3.8) is 0 Å². The highest BCUT2D eigenvalue weighted by molar-refractivity contribution is 7.26. The highest BCUT2D eigenvalue weighted by Gasteiger charge is 2.21. The molecule has 11 aromatic rings. The molecule has 1 unspecified atom stereocenters. The van der Waals surface area contributed by atoms with Gasteiger partial charge in [-0.15, -0.1) is 22.7 Å². The van der Waals surface area contributed by atoms with Crippen LogP contribution in [0.5, 0.6) is 0 Å². The van der Waals surface area contributed by atoms with Crippen LogP contribution in [-0.4, -0.2) is 19.5 Å². The maximum atomic E-state index is 5.14. The highest BCUT2D eigenvalue weighted by atomic mass is 32.1. The molecule has 6 heteroatoms. The number of thiophene rings is 2. The van der Waals surface area contributed by atoms with E-state index in [1.165, 1.54) is 79.0 Å². The summed E-state index contributed by atoms with van der Waals surface area (Å²) in [6.07, 6.45) is 9.43. The number of aromatic nitrogens is 4. The van der Waals surface area contributed by atoms with Gasteiger partial charge < -0.3 is 4.57 Å². The maximum Gasteiger partial charge on any atom is 0.165 e. The van der Waals surface area contributed by atoms with Gasteiger partial charge in [-0.25, -0.2) is 15.0 Å². The van der Waals surface area contributed by atoms with E-state index in [0.29, 0.717) is 11.6 Å². The highest BCUT2D eigenvalue weighted by Crippen LogP contribution is 2.44. The summed E-state index contributed by atoms with van der Waals surface area (Å²) in [5, 5.41) is 7.59. The summed E-state index contributed by atoms with van der Waals surface area (Å²) < 4.78 is 7.47. The number of fused-ring (bicyclic) bond motifs is 9. The van der Waals surface area contributed by atoms with E-state index in [1.54, 1.807) is 0 Å². The van der Waals surface area contributed by atoms with Gasteiger partial charge >= 0.3 is 0 Å². The van der Waals surface area contributed by atoms with Gasteiger partial charge in [0.05, 0.1) is 16.7 Å². The molecule has 0 amide bonds. The monoisotopic (exact) mass is 764 g/mol. The first-order chi connectivity index (χ1) is 28.2. The summed E-state index contributed by atoms with van der Waals surface area (Å²) in [4.78, 5) is 15.2. The van der Waals surface area contributed by atoms with Crippen LogP contribution in [0.25, 0.3) is 102 Å². The molecule has 268 valence electrons. The van der Waals surface area contributed by atoms with Crippen molar-refractivity contribution in [3.05, 3.63) is 182 Å². The van der Waals surface area contributed by atoms with Crippen LogP contribution in [0.15, 0.2) is 176 Å². The predicted octanol–water partition coefficient (Wildman–Crippen LogP) is 14.3. The second-order valence-corrected chi connectivity index (χ2v) is 16.8. The standard InChI is InChI=1S/C51H32N4S2/c1-3-13-31(14-4-1)49-52-50(32-15-5-2-6-16-32)54-51(53-49)39-20-11-19-38-37-27-25-34(30-46(37)57-48(38)39)33-26-28-44-40(29-33)47-43(23-12-24-45(47)56-44)55-41-21-9-7-17-35(41)36-18-8-10-22-42(36)55/h1-15,17-30,32H,16H2. The lowest BCUT2D eigenvalue weighted by atomic mass is 9.99. The van der Waals surface area contributed by atoms with Crippen LogP contribution in [0, 0.1) is 0 Å². The van der Waals surface area contributed by atoms with Crippen LogP contribution < -0.4 is 0 Å². The van der Waals surface area contributed by atoms with Gasteiger partial charge in [-0.05, 0) is 66.1 Å². The molecule has 12 rings (SSSR count). The summed E-state index contributed by atoms with van der Waals surface area (Å²) >= 11 is 3.69. The van der Waals surface area contributed by atoms with E-state index in [-0.39, 0.29) is 5.92 Å². The van der Waals surface area contributed by atoms with Crippen molar-refractivity contribution in [2.45, 2.75) is 12.3 Å². The van der Waals surface area contributed by atoms with Crippen molar-refractivity contribution < 1.29 is 0 Å². The van der Waals surface area contributed by atoms with Crippen molar-refractivity contribution >= 4 is 84.8 Å². The number of benzene rings is 7. The SMILES string of the molecule is C1=CCC(c2nc(-c3ccccc3)nc(-c3cccc4c3sc3cc(-c5ccc6sc7cccc(-n8c9ccccc9c9ccccc98)c7c6c5)ccc34)n2)C=C1. The summed E-state index contributed by atoms with van der Waals surface area (Å²) in [5.74, 6) is 2.33. The minimum absolute atomic E-state index is 0.110. The first kappa shape index (κ1) is 32.5. The molecule has 4 aromatic heterocycles. The van der Waals surface area contributed by atoms with Crippen molar-refractivity contribution in [3.8, 4) is 39.6 Å². The van der Waals surface area contributed by atoms with E-state index in [4.69, 9.17) is 15.0 Å². The fourth-order valence-electron chi connectivity index (χ4n) is 8.68. The van der Waals surface area contributed by atoms with E-state index in [2.05, 4.69) is 162 Å². The number of hydrogen-bond donors (Lipinski definition) is 0. The second kappa shape index (κ2) is 12.9. The quantitative estimate of drug-likeness (QED) is 0.175. The summed E-state index contributed by atoms with van der Waals surface area (Å²) in [6, 6.07) is 55.0.